The van der Waals surface area contributed by atoms with Crippen molar-refractivity contribution in [3.63, 3.8) is 0 Å². The molecule has 0 saturated carbocycles. The van der Waals surface area contributed by atoms with Crippen LogP contribution in [0, 0.1) is 0 Å². The molecule has 0 aromatic heterocycles. The highest BCUT2D eigenvalue weighted by Crippen LogP contribution is 2.15. The third kappa shape index (κ3) is 8.06. The van der Waals surface area contributed by atoms with Crippen LogP contribution in [-0.4, -0.2) is 44.0 Å². The Labute approximate surface area is 111 Å². The average Bonchev–Trinajstić information content (AvgIpc) is 2.20. The first-order valence-electron chi connectivity index (χ1n) is 6.23. The van der Waals surface area contributed by atoms with Crippen LogP contribution in [0.4, 0.5) is 0 Å². The predicted molar refractivity (Wildman–Crippen MR) is 78.6 cm³/mol. The molecule has 0 amide bonds. The Hall–Kier alpha value is 0.260. The van der Waals surface area contributed by atoms with E-state index in [0.717, 1.165) is 13.0 Å². The van der Waals surface area contributed by atoms with Crippen LogP contribution in [0.5, 0.6) is 0 Å². The molecule has 104 valence electrons. The van der Waals surface area contributed by atoms with E-state index in [1.165, 1.54) is 18.6 Å². The van der Waals surface area contributed by atoms with Gasteiger partial charge in [-0.15, -0.1) is 0 Å². The molecule has 0 aliphatic carbocycles. The number of thioether (sulfide) groups is 1. The third-order valence-corrected chi connectivity index (χ3v) is 5.99. The molecule has 0 rings (SSSR count). The predicted octanol–water partition coefficient (Wildman–Crippen LogP) is 2.32. The molecule has 0 unspecified atom stereocenters. The highest BCUT2D eigenvalue weighted by Gasteiger charge is 2.27. The monoisotopic (exact) mass is 281 g/mol. The molecule has 0 aliphatic rings. The Balaban J connectivity index is 3.53. The summed E-state index contributed by atoms with van der Waals surface area (Å²) in [5.74, 6) is 1.46. The van der Waals surface area contributed by atoms with Crippen LogP contribution in [0.25, 0.3) is 0 Å². The molecule has 17 heavy (non-hydrogen) atoms. The molecule has 5 heteroatoms. The molecule has 0 aromatic rings. The van der Waals surface area contributed by atoms with Crippen LogP contribution < -0.4 is 5.32 Å². The van der Waals surface area contributed by atoms with Gasteiger partial charge in [0.25, 0.3) is 0 Å². The van der Waals surface area contributed by atoms with Gasteiger partial charge in [0, 0.05) is 6.54 Å². The molecule has 0 saturated heterocycles. The summed E-state index contributed by atoms with van der Waals surface area (Å²) in [6.45, 7) is 6.76. The Bertz CT molecular complexity index is 281. The van der Waals surface area contributed by atoms with Crippen molar-refractivity contribution in [2.45, 2.75) is 44.8 Å². The molecule has 0 aromatic carbocycles. The Morgan fingerprint density at radius 2 is 1.71 bits per heavy atom. The summed E-state index contributed by atoms with van der Waals surface area (Å²) in [4.78, 5) is 0. The van der Waals surface area contributed by atoms with E-state index in [1.807, 2.05) is 11.8 Å². The number of hydrogen-bond donors (Lipinski definition) is 1. The minimum atomic E-state index is -2.96. The molecular formula is C12H27NO2S2. The van der Waals surface area contributed by atoms with Gasteiger partial charge in [-0.1, -0.05) is 6.42 Å². The average molecular weight is 281 g/mol. The van der Waals surface area contributed by atoms with E-state index in [-0.39, 0.29) is 5.75 Å². The molecular weight excluding hydrogens is 254 g/mol. The van der Waals surface area contributed by atoms with Crippen LogP contribution in [0.1, 0.15) is 40.0 Å². The maximum absolute atomic E-state index is 11.8. The maximum atomic E-state index is 11.8. The first-order valence-corrected chi connectivity index (χ1v) is 9.28. The van der Waals surface area contributed by atoms with Gasteiger partial charge in [0.2, 0.25) is 0 Å². The number of sulfone groups is 1. The van der Waals surface area contributed by atoms with Gasteiger partial charge in [0.1, 0.15) is 0 Å². The summed E-state index contributed by atoms with van der Waals surface area (Å²) in [7, 11) is -2.96. The van der Waals surface area contributed by atoms with Gasteiger partial charge >= 0.3 is 0 Å². The Morgan fingerprint density at radius 3 is 2.24 bits per heavy atom. The molecule has 0 aliphatic heterocycles. The summed E-state index contributed by atoms with van der Waals surface area (Å²) >= 11 is 1.88. The molecule has 0 spiro atoms. The van der Waals surface area contributed by atoms with Crippen molar-refractivity contribution in [3.05, 3.63) is 0 Å². The van der Waals surface area contributed by atoms with Gasteiger partial charge in [-0.25, -0.2) is 8.42 Å². The second-order valence-corrected chi connectivity index (χ2v) is 9.08. The van der Waals surface area contributed by atoms with Crippen molar-refractivity contribution in [1.29, 1.82) is 0 Å². The number of unbranched alkanes of at least 4 members (excludes halogenated alkanes) is 2. The number of hydrogen-bond acceptors (Lipinski definition) is 4. The van der Waals surface area contributed by atoms with Crippen LogP contribution in [-0.2, 0) is 9.84 Å². The lowest BCUT2D eigenvalue weighted by Gasteiger charge is -2.19. The summed E-state index contributed by atoms with van der Waals surface area (Å²) < 4.78 is 22.9. The quantitative estimate of drug-likeness (QED) is 0.659. The Kier molecular flexibility index (Phi) is 8.51. The molecule has 0 radical (unpaired) electrons. The van der Waals surface area contributed by atoms with E-state index in [9.17, 15) is 8.42 Å². The van der Waals surface area contributed by atoms with Crippen molar-refractivity contribution in [3.8, 4) is 0 Å². The number of nitrogens with one attached hydrogen (secondary N) is 1. The minimum Gasteiger partial charge on any atom is -0.316 e. The highest BCUT2D eigenvalue weighted by molar-refractivity contribution is 7.98. The zero-order chi connectivity index (χ0) is 13.4. The van der Waals surface area contributed by atoms with Gasteiger partial charge in [-0.3, -0.25) is 0 Å². The molecule has 0 bridgehead atoms. The standard InChI is InChI=1S/C12H27NO2S2/c1-12(2,3)17(14,15)11-9-13-8-6-5-7-10-16-4/h13H,5-11H2,1-4H3. The molecule has 0 fully saturated rings. The lowest BCUT2D eigenvalue weighted by Crippen LogP contribution is -2.34. The zero-order valence-electron chi connectivity index (χ0n) is 11.6. The molecule has 0 atom stereocenters. The van der Waals surface area contributed by atoms with Gasteiger partial charge in [-0.2, -0.15) is 11.8 Å². The maximum Gasteiger partial charge on any atom is 0.156 e. The second kappa shape index (κ2) is 8.38. The lowest BCUT2D eigenvalue weighted by atomic mass is 10.2. The molecule has 0 heterocycles. The molecule has 3 nitrogen and oxygen atoms in total. The normalized spacial score (nSPS) is 12.9. The summed E-state index contributed by atoms with van der Waals surface area (Å²) in [5, 5.41) is 3.20. The fourth-order valence-electron chi connectivity index (χ4n) is 1.31. The second-order valence-electron chi connectivity index (χ2n) is 5.23. The SMILES string of the molecule is CSCCCCCNCCS(=O)(=O)C(C)(C)C. The van der Waals surface area contributed by atoms with E-state index in [4.69, 9.17) is 0 Å². The van der Waals surface area contributed by atoms with Crippen molar-refractivity contribution >= 4 is 21.6 Å². The summed E-state index contributed by atoms with van der Waals surface area (Å²) in [6, 6.07) is 0. The number of rotatable bonds is 9. The van der Waals surface area contributed by atoms with Gasteiger partial charge in [0.05, 0.1) is 10.5 Å². The zero-order valence-corrected chi connectivity index (χ0v) is 13.2. The van der Waals surface area contributed by atoms with E-state index in [1.54, 1.807) is 20.8 Å². The van der Waals surface area contributed by atoms with Crippen LogP contribution in [0.15, 0.2) is 0 Å². The van der Waals surface area contributed by atoms with Crippen molar-refractivity contribution in [1.82, 2.24) is 5.32 Å². The van der Waals surface area contributed by atoms with E-state index >= 15 is 0 Å². The van der Waals surface area contributed by atoms with Gasteiger partial charge < -0.3 is 5.32 Å². The topological polar surface area (TPSA) is 46.2 Å². The smallest absolute Gasteiger partial charge is 0.156 e. The minimum absolute atomic E-state index is 0.237. The van der Waals surface area contributed by atoms with Crippen LogP contribution in [0.2, 0.25) is 0 Å². The molecule has 1 N–H and O–H groups in total. The first kappa shape index (κ1) is 17.3. The largest absolute Gasteiger partial charge is 0.316 e. The van der Waals surface area contributed by atoms with Crippen LogP contribution in [0.3, 0.4) is 0 Å². The van der Waals surface area contributed by atoms with E-state index in [2.05, 4.69) is 11.6 Å². The van der Waals surface area contributed by atoms with Crippen molar-refractivity contribution in [2.75, 3.05) is 30.9 Å². The first-order chi connectivity index (χ1) is 7.81. The van der Waals surface area contributed by atoms with Gasteiger partial charge in [-0.05, 0) is 52.2 Å². The third-order valence-electron chi connectivity index (χ3n) is 2.68. The van der Waals surface area contributed by atoms with E-state index in [0.29, 0.717) is 6.54 Å². The summed E-state index contributed by atoms with van der Waals surface area (Å²) in [6.07, 6.45) is 5.73. The Morgan fingerprint density at radius 1 is 1.06 bits per heavy atom. The highest BCUT2D eigenvalue weighted by atomic mass is 32.2. The fraction of sp³-hybridized carbons (Fsp3) is 1.00. The van der Waals surface area contributed by atoms with Gasteiger partial charge in [0.15, 0.2) is 9.84 Å². The van der Waals surface area contributed by atoms with Crippen molar-refractivity contribution < 1.29 is 8.42 Å². The van der Waals surface area contributed by atoms with E-state index < -0.39 is 14.6 Å². The lowest BCUT2D eigenvalue weighted by molar-refractivity contribution is 0.554. The summed E-state index contributed by atoms with van der Waals surface area (Å²) in [5.41, 5.74) is 0. The van der Waals surface area contributed by atoms with Crippen molar-refractivity contribution in [2.24, 2.45) is 0 Å². The fourth-order valence-corrected chi connectivity index (χ4v) is 2.83. The van der Waals surface area contributed by atoms with Crippen LogP contribution >= 0.6 is 11.8 Å².